The van der Waals surface area contributed by atoms with E-state index in [-0.39, 0.29) is 6.54 Å². The molecule has 0 saturated carbocycles. The van der Waals surface area contributed by atoms with Gasteiger partial charge in [0, 0.05) is 12.1 Å². The second-order valence-electron chi connectivity index (χ2n) is 10.1. The van der Waals surface area contributed by atoms with Crippen molar-refractivity contribution < 1.29 is 23.6 Å². The van der Waals surface area contributed by atoms with E-state index in [1.165, 1.54) is 0 Å². The second-order valence-corrected chi connectivity index (χ2v) is 10.1. The Kier molecular flexibility index (Phi) is 6.63. The number of hydrogen-bond acceptors (Lipinski definition) is 5. The Labute approximate surface area is 191 Å². The molecule has 2 aromatic carbocycles. The Morgan fingerprint density at radius 2 is 1.69 bits per heavy atom. The average molecular weight is 439 g/mol. The van der Waals surface area contributed by atoms with Crippen molar-refractivity contribution in [3.8, 4) is 5.75 Å². The van der Waals surface area contributed by atoms with Crippen molar-refractivity contribution in [2.75, 3.05) is 13.7 Å². The van der Waals surface area contributed by atoms with Crippen LogP contribution in [0, 0.1) is 0 Å². The molecule has 1 aliphatic heterocycles. The first kappa shape index (κ1) is 24.1. The lowest BCUT2D eigenvalue weighted by Crippen LogP contribution is -2.41. The van der Waals surface area contributed by atoms with Crippen molar-refractivity contribution in [1.29, 1.82) is 0 Å². The summed E-state index contributed by atoms with van der Waals surface area (Å²) in [6.07, 6.45) is 1.49. The molecule has 32 heavy (non-hydrogen) atoms. The molecule has 0 aliphatic carbocycles. The molecule has 0 radical (unpaired) electrons. The highest BCUT2D eigenvalue weighted by molar-refractivity contribution is 6.56. The van der Waals surface area contributed by atoms with Crippen LogP contribution in [-0.2, 0) is 14.0 Å². The van der Waals surface area contributed by atoms with Gasteiger partial charge in [-0.3, -0.25) is 0 Å². The van der Waals surface area contributed by atoms with Gasteiger partial charge in [-0.2, -0.15) is 0 Å². The fourth-order valence-corrected chi connectivity index (χ4v) is 3.47. The van der Waals surface area contributed by atoms with Gasteiger partial charge in [0.1, 0.15) is 11.4 Å². The molecule has 1 amide bonds. The minimum Gasteiger partial charge on any atom is -0.496 e. The molecule has 3 rings (SSSR count). The predicted molar refractivity (Wildman–Crippen MR) is 129 cm³/mol. The van der Waals surface area contributed by atoms with Gasteiger partial charge in [-0.15, -0.1) is 0 Å². The van der Waals surface area contributed by atoms with Gasteiger partial charge >= 0.3 is 13.2 Å². The molecule has 1 heterocycles. The van der Waals surface area contributed by atoms with Crippen molar-refractivity contribution in [3.63, 3.8) is 0 Å². The Morgan fingerprint density at radius 3 is 2.28 bits per heavy atom. The highest BCUT2D eigenvalue weighted by Crippen LogP contribution is 2.39. The lowest BCUT2D eigenvalue weighted by molar-refractivity contribution is 0.00578. The molecule has 1 fully saturated rings. The maximum atomic E-state index is 12.4. The summed E-state index contributed by atoms with van der Waals surface area (Å²) in [4.78, 5) is 12.4. The molecule has 172 valence electrons. The van der Waals surface area contributed by atoms with E-state index in [2.05, 4.69) is 11.4 Å². The zero-order chi connectivity index (χ0) is 23.7. The Morgan fingerprint density at radius 1 is 1.06 bits per heavy atom. The summed E-state index contributed by atoms with van der Waals surface area (Å²) < 4.78 is 23.7. The number of hydrogen-bond donors (Lipinski definition) is 1. The third-order valence-corrected chi connectivity index (χ3v) is 5.87. The van der Waals surface area contributed by atoms with Crippen LogP contribution in [0.5, 0.6) is 5.75 Å². The van der Waals surface area contributed by atoms with E-state index in [1.807, 2.05) is 84.9 Å². The number of ether oxygens (including phenoxy) is 2. The summed E-state index contributed by atoms with van der Waals surface area (Å²) in [5, 5.41) is 4.98. The van der Waals surface area contributed by atoms with Gasteiger partial charge < -0.3 is 24.1 Å². The maximum absolute atomic E-state index is 12.4. The molecule has 0 atom stereocenters. The van der Waals surface area contributed by atoms with Crippen LogP contribution < -0.4 is 10.1 Å². The number of carbonyl (C=O) groups is 1. The average Bonchev–Trinajstić information content (AvgIpc) is 2.90. The lowest BCUT2D eigenvalue weighted by Gasteiger charge is -2.32. The van der Waals surface area contributed by atoms with Crippen molar-refractivity contribution in [2.45, 2.75) is 65.3 Å². The minimum atomic E-state index is -0.626. The van der Waals surface area contributed by atoms with Crippen LogP contribution in [-0.4, -0.2) is 43.7 Å². The first-order valence-corrected chi connectivity index (χ1v) is 10.9. The molecule has 7 heteroatoms. The van der Waals surface area contributed by atoms with Crippen LogP contribution in [0.1, 0.15) is 54.0 Å². The molecular formula is C25H34BNO5. The quantitative estimate of drug-likeness (QED) is 0.633. The highest BCUT2D eigenvalue weighted by Gasteiger charge is 2.52. The fourth-order valence-electron chi connectivity index (χ4n) is 3.47. The van der Waals surface area contributed by atoms with Crippen LogP contribution in [0.3, 0.4) is 0 Å². The number of fused-ring (bicyclic) bond motifs is 1. The molecule has 2 aromatic rings. The summed E-state index contributed by atoms with van der Waals surface area (Å²) in [5.41, 5.74) is 0.0687. The van der Waals surface area contributed by atoms with E-state index in [1.54, 1.807) is 7.11 Å². The molecule has 0 aromatic heterocycles. The van der Waals surface area contributed by atoms with E-state index in [9.17, 15) is 4.79 Å². The Bertz CT molecular complexity index is 1010. The number of nitrogens with one attached hydrogen (secondary N) is 1. The van der Waals surface area contributed by atoms with E-state index in [4.69, 9.17) is 18.8 Å². The van der Waals surface area contributed by atoms with E-state index >= 15 is 0 Å². The predicted octanol–water partition coefficient (Wildman–Crippen LogP) is 5.39. The van der Waals surface area contributed by atoms with Crippen LogP contribution in [0.15, 0.2) is 41.9 Å². The van der Waals surface area contributed by atoms with Gasteiger partial charge in [-0.1, -0.05) is 36.4 Å². The number of alkyl carbamates (subject to hydrolysis) is 1. The summed E-state index contributed by atoms with van der Waals surface area (Å²) in [7, 11) is 1.02. The maximum Gasteiger partial charge on any atom is 0.492 e. The first-order valence-electron chi connectivity index (χ1n) is 10.9. The zero-order valence-corrected chi connectivity index (χ0v) is 20.4. The molecule has 6 nitrogen and oxygen atoms in total. The summed E-state index contributed by atoms with van der Waals surface area (Å²) in [6, 6.07) is 12.1. The van der Waals surface area contributed by atoms with Crippen LogP contribution in [0.2, 0.25) is 0 Å². The summed E-state index contributed by atoms with van der Waals surface area (Å²) in [6.45, 7) is 13.7. The molecule has 1 N–H and O–H groups in total. The lowest BCUT2D eigenvalue weighted by atomic mass is 9.76. The first-order chi connectivity index (χ1) is 14.8. The largest absolute Gasteiger partial charge is 0.496 e. The third-order valence-electron chi connectivity index (χ3n) is 5.87. The van der Waals surface area contributed by atoms with Gasteiger partial charge in [0.15, 0.2) is 0 Å². The van der Waals surface area contributed by atoms with E-state index in [0.717, 1.165) is 27.6 Å². The van der Waals surface area contributed by atoms with Gasteiger partial charge in [0.05, 0.1) is 18.3 Å². The molecule has 1 aliphatic rings. The number of carbonyl (C=O) groups excluding carboxylic acids is 1. The topological polar surface area (TPSA) is 66.0 Å². The van der Waals surface area contributed by atoms with Crippen molar-refractivity contribution in [3.05, 3.63) is 47.4 Å². The Hall–Kier alpha value is -2.51. The number of amides is 1. The van der Waals surface area contributed by atoms with Gasteiger partial charge in [-0.05, 0) is 70.8 Å². The molecule has 0 spiro atoms. The van der Waals surface area contributed by atoms with E-state index in [0.29, 0.717) is 0 Å². The van der Waals surface area contributed by atoms with Crippen molar-refractivity contribution >= 4 is 30.1 Å². The standard InChI is InChI=1S/C25H34BNO5/c1-23(2,3)30-22(28)27-16-18(26-31-24(4,5)25(6,7)32-26)15-20-19-12-10-9-11-17(19)13-14-21(20)29-8/h9-15H,16H2,1-8H3,(H,27,28). The van der Waals surface area contributed by atoms with Crippen molar-refractivity contribution in [1.82, 2.24) is 5.32 Å². The minimum absolute atomic E-state index is 0.206. The monoisotopic (exact) mass is 439 g/mol. The van der Waals surface area contributed by atoms with Gasteiger partial charge in [-0.25, -0.2) is 4.79 Å². The van der Waals surface area contributed by atoms with Crippen LogP contribution >= 0.6 is 0 Å². The van der Waals surface area contributed by atoms with Crippen molar-refractivity contribution in [2.24, 2.45) is 0 Å². The van der Waals surface area contributed by atoms with Crippen LogP contribution in [0.4, 0.5) is 4.79 Å². The third kappa shape index (κ3) is 5.27. The molecule has 0 bridgehead atoms. The number of rotatable bonds is 5. The number of benzene rings is 2. The van der Waals surface area contributed by atoms with Crippen LogP contribution in [0.25, 0.3) is 16.8 Å². The smallest absolute Gasteiger partial charge is 0.492 e. The summed E-state index contributed by atoms with van der Waals surface area (Å²) >= 11 is 0. The SMILES string of the molecule is COc1ccc2ccccc2c1C=C(CNC(=O)OC(C)(C)C)B1OC(C)(C)C(C)(C)O1. The molecule has 1 saturated heterocycles. The number of methoxy groups -OCH3 is 1. The van der Waals surface area contributed by atoms with Gasteiger partial charge in [0.2, 0.25) is 0 Å². The second kappa shape index (κ2) is 8.79. The molecule has 0 unspecified atom stereocenters. The summed E-state index contributed by atoms with van der Waals surface area (Å²) in [5.74, 6) is 0.731. The molecular weight excluding hydrogens is 405 g/mol. The van der Waals surface area contributed by atoms with E-state index < -0.39 is 30.0 Å². The fraction of sp³-hybridized carbons (Fsp3) is 0.480. The zero-order valence-electron chi connectivity index (χ0n) is 20.4. The highest BCUT2D eigenvalue weighted by atomic mass is 16.7. The van der Waals surface area contributed by atoms with Gasteiger partial charge in [0.25, 0.3) is 0 Å². The normalized spacial score (nSPS) is 18.0. The Balaban J connectivity index is 2.02.